The maximum Gasteiger partial charge on any atom is 0.508 e. The Morgan fingerprint density at radius 2 is 2.21 bits per heavy atom. The summed E-state index contributed by atoms with van der Waals surface area (Å²) in [6, 6.07) is 3.20. The smallest absolute Gasteiger partial charge is 0.422 e. The molecule has 0 bridgehead atoms. The molecule has 1 aromatic heterocycles. The van der Waals surface area contributed by atoms with Crippen LogP contribution in [0.15, 0.2) is 12.1 Å². The summed E-state index contributed by atoms with van der Waals surface area (Å²) in [7, 11) is 0.0266. The van der Waals surface area contributed by atoms with E-state index in [1.807, 2.05) is 0 Å². The van der Waals surface area contributed by atoms with Crippen molar-refractivity contribution in [1.82, 2.24) is 4.98 Å². The lowest BCUT2D eigenvalue weighted by Crippen LogP contribution is -2.34. The standard InChI is InChI=1S/C8H9BN2O3/c1-11-7(12)4-5-2-3-6(9(13)14)10-8(5)11/h2-3,13-14H,4H2,1H3. The highest BCUT2D eigenvalue weighted by Gasteiger charge is 2.27. The molecule has 14 heavy (non-hydrogen) atoms. The predicted molar refractivity (Wildman–Crippen MR) is 51.2 cm³/mol. The van der Waals surface area contributed by atoms with E-state index >= 15 is 0 Å². The SMILES string of the molecule is CN1C(=O)Cc2ccc(B(O)O)nc21. The number of hydrogen-bond acceptors (Lipinski definition) is 4. The van der Waals surface area contributed by atoms with Crippen LogP contribution >= 0.6 is 0 Å². The summed E-state index contributed by atoms with van der Waals surface area (Å²) in [5, 5.41) is 17.8. The second-order valence-corrected chi connectivity index (χ2v) is 3.22. The highest BCUT2D eigenvalue weighted by Crippen LogP contribution is 2.23. The van der Waals surface area contributed by atoms with Gasteiger partial charge >= 0.3 is 7.12 Å². The Kier molecular flexibility index (Phi) is 2.01. The quantitative estimate of drug-likeness (QED) is 0.519. The lowest BCUT2D eigenvalue weighted by Gasteiger charge is -2.09. The lowest BCUT2D eigenvalue weighted by molar-refractivity contribution is -0.117. The van der Waals surface area contributed by atoms with Gasteiger partial charge in [-0.3, -0.25) is 9.69 Å². The summed E-state index contributed by atoms with van der Waals surface area (Å²) >= 11 is 0. The zero-order chi connectivity index (χ0) is 10.3. The van der Waals surface area contributed by atoms with Crippen LogP contribution in [-0.4, -0.2) is 35.1 Å². The van der Waals surface area contributed by atoms with Gasteiger partial charge in [-0.1, -0.05) is 6.07 Å². The van der Waals surface area contributed by atoms with Crippen molar-refractivity contribution in [2.45, 2.75) is 6.42 Å². The summed E-state index contributed by atoms with van der Waals surface area (Å²) in [5.41, 5.74) is 0.979. The van der Waals surface area contributed by atoms with Gasteiger partial charge < -0.3 is 10.0 Å². The third-order valence-electron chi connectivity index (χ3n) is 2.28. The Bertz CT molecular complexity index is 394. The van der Waals surface area contributed by atoms with Crippen molar-refractivity contribution in [3.05, 3.63) is 17.7 Å². The molecule has 72 valence electrons. The second kappa shape index (κ2) is 3.07. The Balaban J connectivity index is 2.46. The first-order valence-corrected chi connectivity index (χ1v) is 4.22. The van der Waals surface area contributed by atoms with E-state index in [4.69, 9.17) is 10.0 Å². The van der Waals surface area contributed by atoms with Gasteiger partial charge in [-0.2, -0.15) is 0 Å². The van der Waals surface area contributed by atoms with E-state index in [9.17, 15) is 4.79 Å². The Labute approximate surface area is 81.1 Å². The fraction of sp³-hybridized carbons (Fsp3) is 0.250. The highest BCUT2D eigenvalue weighted by molar-refractivity contribution is 6.57. The number of rotatable bonds is 1. The molecule has 1 aliphatic heterocycles. The summed E-state index contributed by atoms with van der Waals surface area (Å²) in [5.74, 6) is 0.484. The fourth-order valence-electron chi connectivity index (χ4n) is 1.46. The normalized spacial score (nSPS) is 14.5. The van der Waals surface area contributed by atoms with Gasteiger partial charge in [0.15, 0.2) is 0 Å². The average molecular weight is 192 g/mol. The summed E-state index contributed by atoms with van der Waals surface area (Å²) < 4.78 is 0. The van der Waals surface area contributed by atoms with Crippen molar-refractivity contribution in [2.24, 2.45) is 0 Å². The first kappa shape index (κ1) is 9.17. The van der Waals surface area contributed by atoms with Crippen molar-refractivity contribution in [1.29, 1.82) is 0 Å². The van der Waals surface area contributed by atoms with Crippen molar-refractivity contribution >= 4 is 24.4 Å². The largest absolute Gasteiger partial charge is 0.508 e. The fourth-order valence-corrected chi connectivity index (χ4v) is 1.46. The van der Waals surface area contributed by atoms with Crippen LogP contribution < -0.4 is 10.5 Å². The maximum absolute atomic E-state index is 11.3. The van der Waals surface area contributed by atoms with Gasteiger partial charge in [0.2, 0.25) is 5.91 Å². The summed E-state index contributed by atoms with van der Waals surface area (Å²) in [6.45, 7) is 0. The molecule has 0 radical (unpaired) electrons. The van der Waals surface area contributed by atoms with Crippen LogP contribution in [0.4, 0.5) is 5.82 Å². The second-order valence-electron chi connectivity index (χ2n) is 3.22. The molecule has 0 aromatic carbocycles. The number of pyridine rings is 1. The third-order valence-corrected chi connectivity index (χ3v) is 2.28. The molecular weight excluding hydrogens is 183 g/mol. The van der Waals surface area contributed by atoms with E-state index in [1.54, 1.807) is 13.1 Å². The van der Waals surface area contributed by atoms with Gasteiger partial charge in [0.05, 0.1) is 12.0 Å². The first-order valence-electron chi connectivity index (χ1n) is 4.22. The van der Waals surface area contributed by atoms with Crippen LogP contribution in [0.1, 0.15) is 5.56 Å². The number of carbonyl (C=O) groups is 1. The summed E-state index contributed by atoms with van der Waals surface area (Å²) in [6.07, 6.45) is 0.334. The van der Waals surface area contributed by atoms with Crippen LogP contribution in [0.25, 0.3) is 0 Å². The van der Waals surface area contributed by atoms with Crippen LogP contribution in [-0.2, 0) is 11.2 Å². The molecular formula is C8H9BN2O3. The lowest BCUT2D eigenvalue weighted by atomic mass is 9.85. The number of amides is 1. The van der Waals surface area contributed by atoms with Gasteiger partial charge in [-0.05, 0) is 6.07 Å². The van der Waals surface area contributed by atoms with E-state index in [0.29, 0.717) is 12.2 Å². The molecule has 1 aromatic rings. The number of anilines is 1. The van der Waals surface area contributed by atoms with E-state index in [0.717, 1.165) is 5.56 Å². The first-order chi connectivity index (χ1) is 6.59. The molecule has 2 rings (SSSR count). The van der Waals surface area contributed by atoms with Crippen LogP contribution in [0.3, 0.4) is 0 Å². The number of hydrogen-bond donors (Lipinski definition) is 2. The zero-order valence-electron chi connectivity index (χ0n) is 7.64. The van der Waals surface area contributed by atoms with Crippen molar-refractivity contribution in [3.63, 3.8) is 0 Å². The monoisotopic (exact) mass is 192 g/mol. The molecule has 6 heteroatoms. The zero-order valence-corrected chi connectivity index (χ0v) is 7.64. The molecule has 0 unspecified atom stereocenters. The average Bonchev–Trinajstić information content (AvgIpc) is 2.43. The molecule has 0 saturated carbocycles. The highest BCUT2D eigenvalue weighted by atomic mass is 16.4. The molecule has 2 N–H and O–H groups in total. The van der Waals surface area contributed by atoms with Gasteiger partial charge in [0.25, 0.3) is 0 Å². The molecule has 2 heterocycles. The van der Waals surface area contributed by atoms with Crippen molar-refractivity contribution in [2.75, 3.05) is 11.9 Å². The van der Waals surface area contributed by atoms with E-state index in [-0.39, 0.29) is 11.5 Å². The van der Waals surface area contributed by atoms with Crippen molar-refractivity contribution < 1.29 is 14.8 Å². The van der Waals surface area contributed by atoms with Crippen LogP contribution in [0.5, 0.6) is 0 Å². The van der Waals surface area contributed by atoms with E-state index in [2.05, 4.69) is 4.98 Å². The number of fused-ring (bicyclic) bond motifs is 1. The minimum Gasteiger partial charge on any atom is -0.422 e. The van der Waals surface area contributed by atoms with Gasteiger partial charge in [0.1, 0.15) is 5.82 Å². The van der Waals surface area contributed by atoms with Crippen molar-refractivity contribution in [3.8, 4) is 0 Å². The molecule has 0 fully saturated rings. The molecule has 5 nitrogen and oxygen atoms in total. The number of aromatic nitrogens is 1. The molecule has 0 saturated heterocycles. The molecule has 1 amide bonds. The minimum atomic E-state index is -1.59. The van der Waals surface area contributed by atoms with Gasteiger partial charge in [-0.15, -0.1) is 0 Å². The van der Waals surface area contributed by atoms with Crippen LogP contribution in [0, 0.1) is 0 Å². The molecule has 1 aliphatic rings. The summed E-state index contributed by atoms with van der Waals surface area (Å²) in [4.78, 5) is 16.7. The van der Waals surface area contributed by atoms with Crippen LogP contribution in [0.2, 0.25) is 0 Å². The topological polar surface area (TPSA) is 73.7 Å². The Morgan fingerprint density at radius 1 is 1.50 bits per heavy atom. The minimum absolute atomic E-state index is 0.0305. The maximum atomic E-state index is 11.3. The number of carbonyl (C=O) groups excluding carboxylic acids is 1. The van der Waals surface area contributed by atoms with Gasteiger partial charge in [-0.25, -0.2) is 4.98 Å². The number of nitrogens with zero attached hydrogens (tertiary/aromatic N) is 2. The third kappa shape index (κ3) is 1.28. The van der Waals surface area contributed by atoms with E-state index in [1.165, 1.54) is 11.0 Å². The Hall–Kier alpha value is -1.40. The predicted octanol–water partition coefficient (Wildman–Crippen LogP) is -1.72. The number of likely N-dealkylation sites (N-methyl/N-ethyl adjacent to an activating group) is 1. The molecule has 0 aliphatic carbocycles. The Morgan fingerprint density at radius 3 is 2.86 bits per heavy atom. The molecule has 0 atom stereocenters. The van der Waals surface area contributed by atoms with Gasteiger partial charge in [0, 0.05) is 12.6 Å². The van der Waals surface area contributed by atoms with E-state index < -0.39 is 7.12 Å². The molecule has 0 spiro atoms.